The molecule has 21 heavy (non-hydrogen) atoms. The van der Waals surface area contributed by atoms with Crippen molar-refractivity contribution in [1.29, 1.82) is 0 Å². The van der Waals surface area contributed by atoms with Gasteiger partial charge < -0.3 is 15.1 Å². The van der Waals surface area contributed by atoms with Gasteiger partial charge in [-0.2, -0.15) is 0 Å². The van der Waals surface area contributed by atoms with Crippen LogP contribution in [0.4, 0.5) is 5.69 Å². The molecule has 1 atom stereocenters. The molecule has 1 aromatic carbocycles. The number of carbonyl (C=O) groups is 1. The lowest BCUT2D eigenvalue weighted by atomic mass is 10.1. The molecule has 112 valence electrons. The molecule has 0 aliphatic heterocycles. The number of nitrogens with one attached hydrogen (secondary N) is 2. The van der Waals surface area contributed by atoms with Crippen LogP contribution in [-0.2, 0) is 11.2 Å². The first-order valence-electron chi connectivity index (χ1n) is 6.96. The average molecular weight is 351 g/mol. The number of rotatable bonds is 6. The first-order valence-corrected chi connectivity index (χ1v) is 7.75. The van der Waals surface area contributed by atoms with Crippen LogP contribution < -0.4 is 10.6 Å². The molecule has 5 heteroatoms. The number of benzene rings is 1. The third-order valence-electron chi connectivity index (χ3n) is 3.10. The Bertz CT molecular complexity index is 593. The number of halogens is 1. The molecule has 0 saturated carbocycles. The van der Waals surface area contributed by atoms with Crippen LogP contribution in [0.25, 0.3) is 0 Å². The van der Waals surface area contributed by atoms with Crippen molar-refractivity contribution in [1.82, 2.24) is 5.32 Å². The summed E-state index contributed by atoms with van der Waals surface area (Å²) in [6.07, 6.45) is 0.412. The van der Waals surface area contributed by atoms with Crippen molar-refractivity contribution in [3.8, 4) is 0 Å². The minimum Gasteiger partial charge on any atom is -0.452 e. The van der Waals surface area contributed by atoms with Gasteiger partial charge in [0, 0.05) is 12.2 Å². The van der Waals surface area contributed by atoms with Crippen molar-refractivity contribution < 1.29 is 9.21 Å². The van der Waals surface area contributed by atoms with E-state index in [2.05, 4.69) is 26.6 Å². The first kappa shape index (κ1) is 15.6. The van der Waals surface area contributed by atoms with Gasteiger partial charge in [0.25, 0.3) is 0 Å². The molecular weight excluding hydrogens is 332 g/mol. The Kier molecular flexibility index (Phi) is 5.44. The fourth-order valence-electron chi connectivity index (χ4n) is 2.05. The fraction of sp³-hybridized carbons (Fsp3) is 0.312. The van der Waals surface area contributed by atoms with Crippen LogP contribution in [0.15, 0.2) is 45.5 Å². The zero-order chi connectivity index (χ0) is 15.2. The van der Waals surface area contributed by atoms with E-state index in [9.17, 15) is 4.79 Å². The predicted molar refractivity (Wildman–Crippen MR) is 87.3 cm³/mol. The number of amides is 1. The molecule has 1 heterocycles. The monoisotopic (exact) mass is 350 g/mol. The first-order chi connectivity index (χ1) is 10.1. The van der Waals surface area contributed by atoms with Gasteiger partial charge in [0.1, 0.15) is 5.76 Å². The second-order valence-corrected chi connectivity index (χ2v) is 5.62. The molecule has 1 unspecified atom stereocenters. The number of likely N-dealkylation sites (N-methyl/N-ethyl adjacent to an activating group) is 1. The second kappa shape index (κ2) is 7.31. The molecule has 0 spiro atoms. The number of hydrogen-bond donors (Lipinski definition) is 2. The molecule has 2 aromatic rings. The van der Waals surface area contributed by atoms with E-state index >= 15 is 0 Å². The summed E-state index contributed by atoms with van der Waals surface area (Å²) in [7, 11) is 0. The summed E-state index contributed by atoms with van der Waals surface area (Å²) in [5.74, 6) is 0.917. The summed E-state index contributed by atoms with van der Waals surface area (Å²) in [6, 6.07) is 11.8. The van der Waals surface area contributed by atoms with Gasteiger partial charge in [0.05, 0.1) is 12.5 Å². The molecule has 0 bridgehead atoms. The molecule has 1 amide bonds. The molecule has 0 radical (unpaired) electrons. The van der Waals surface area contributed by atoms with Crippen molar-refractivity contribution in [2.24, 2.45) is 0 Å². The Labute approximate surface area is 133 Å². The average Bonchev–Trinajstić information content (AvgIpc) is 2.88. The van der Waals surface area contributed by atoms with E-state index in [0.717, 1.165) is 21.7 Å². The van der Waals surface area contributed by atoms with Gasteiger partial charge in [-0.3, -0.25) is 4.79 Å². The quantitative estimate of drug-likeness (QED) is 0.830. The van der Waals surface area contributed by atoms with E-state index < -0.39 is 0 Å². The molecule has 2 N–H and O–H groups in total. The molecule has 2 rings (SSSR count). The summed E-state index contributed by atoms with van der Waals surface area (Å²) in [5.41, 5.74) is 1.99. The van der Waals surface area contributed by atoms with Gasteiger partial charge in [-0.15, -0.1) is 0 Å². The van der Waals surface area contributed by atoms with Crippen LogP contribution in [0.3, 0.4) is 0 Å². The highest BCUT2D eigenvalue weighted by Gasteiger charge is 2.09. The zero-order valence-electron chi connectivity index (χ0n) is 12.2. The third kappa shape index (κ3) is 4.63. The van der Waals surface area contributed by atoms with Crippen molar-refractivity contribution in [3.63, 3.8) is 0 Å². The van der Waals surface area contributed by atoms with Crippen molar-refractivity contribution in [2.45, 2.75) is 26.3 Å². The Morgan fingerprint density at radius 2 is 1.95 bits per heavy atom. The summed E-state index contributed by atoms with van der Waals surface area (Å²) >= 11 is 3.30. The summed E-state index contributed by atoms with van der Waals surface area (Å²) in [5, 5.41) is 6.16. The number of carbonyl (C=O) groups excluding carboxylic acids is 1. The Morgan fingerprint density at radius 1 is 1.24 bits per heavy atom. The molecule has 1 aromatic heterocycles. The Morgan fingerprint density at radius 3 is 2.52 bits per heavy atom. The fourth-order valence-corrected chi connectivity index (χ4v) is 2.37. The molecule has 0 fully saturated rings. The van der Waals surface area contributed by atoms with Gasteiger partial charge in [0.2, 0.25) is 5.91 Å². The van der Waals surface area contributed by atoms with Crippen LogP contribution in [0, 0.1) is 0 Å². The van der Waals surface area contributed by atoms with Crippen LogP contribution in [0.1, 0.15) is 31.2 Å². The van der Waals surface area contributed by atoms with Gasteiger partial charge in [-0.25, -0.2) is 0 Å². The lowest BCUT2D eigenvalue weighted by Crippen LogP contribution is -2.24. The Hall–Kier alpha value is -1.75. The predicted octanol–water partition coefficient (Wildman–Crippen LogP) is 3.89. The molecule has 0 aliphatic carbocycles. The minimum atomic E-state index is 0.0482. The maximum absolute atomic E-state index is 11.5. The number of furan rings is 1. The van der Waals surface area contributed by atoms with Gasteiger partial charge >= 0.3 is 0 Å². The minimum absolute atomic E-state index is 0.0482. The number of anilines is 1. The van der Waals surface area contributed by atoms with Crippen molar-refractivity contribution in [3.05, 3.63) is 52.4 Å². The second-order valence-electron chi connectivity index (χ2n) is 4.84. The zero-order valence-corrected chi connectivity index (χ0v) is 13.7. The van der Waals surface area contributed by atoms with Gasteiger partial charge in [-0.1, -0.05) is 12.1 Å². The smallest absolute Gasteiger partial charge is 0.224 e. The third-order valence-corrected chi connectivity index (χ3v) is 3.52. The van der Waals surface area contributed by atoms with E-state index in [0.29, 0.717) is 13.0 Å². The number of hydrogen-bond acceptors (Lipinski definition) is 3. The lowest BCUT2D eigenvalue weighted by molar-refractivity contribution is -0.120. The van der Waals surface area contributed by atoms with Crippen LogP contribution in [0.2, 0.25) is 0 Å². The van der Waals surface area contributed by atoms with E-state index in [1.165, 1.54) is 0 Å². The largest absolute Gasteiger partial charge is 0.452 e. The van der Waals surface area contributed by atoms with Crippen LogP contribution >= 0.6 is 15.9 Å². The maximum atomic E-state index is 11.5. The molecular formula is C16H19BrN2O2. The maximum Gasteiger partial charge on any atom is 0.224 e. The van der Waals surface area contributed by atoms with Crippen LogP contribution in [-0.4, -0.2) is 12.5 Å². The molecule has 4 nitrogen and oxygen atoms in total. The van der Waals surface area contributed by atoms with Crippen molar-refractivity contribution >= 4 is 27.5 Å². The van der Waals surface area contributed by atoms with Crippen LogP contribution in [0.5, 0.6) is 0 Å². The Balaban J connectivity index is 1.94. The highest BCUT2D eigenvalue weighted by Crippen LogP contribution is 2.23. The van der Waals surface area contributed by atoms with E-state index in [-0.39, 0.29) is 11.9 Å². The lowest BCUT2D eigenvalue weighted by Gasteiger charge is -2.13. The standard InChI is InChI=1S/C16H19BrN2O2/c1-3-18-16(20)10-12-4-6-13(7-5-12)19-11(2)14-8-9-15(17)21-14/h4-9,11,19H,3,10H2,1-2H3,(H,18,20). The van der Waals surface area contributed by atoms with Crippen molar-refractivity contribution in [2.75, 3.05) is 11.9 Å². The van der Waals surface area contributed by atoms with Gasteiger partial charge in [0.15, 0.2) is 4.67 Å². The van der Waals surface area contributed by atoms with Gasteiger partial charge in [-0.05, 0) is 59.6 Å². The topological polar surface area (TPSA) is 54.3 Å². The molecule has 0 aliphatic rings. The highest BCUT2D eigenvalue weighted by molar-refractivity contribution is 9.10. The summed E-state index contributed by atoms with van der Waals surface area (Å²) < 4.78 is 6.25. The summed E-state index contributed by atoms with van der Waals surface area (Å²) in [4.78, 5) is 11.5. The normalized spacial score (nSPS) is 12.0. The van der Waals surface area contributed by atoms with E-state index in [1.807, 2.05) is 50.2 Å². The molecule has 0 saturated heterocycles. The highest BCUT2D eigenvalue weighted by atomic mass is 79.9. The van der Waals surface area contributed by atoms with E-state index in [1.54, 1.807) is 0 Å². The van der Waals surface area contributed by atoms with E-state index in [4.69, 9.17) is 4.42 Å². The SMILES string of the molecule is CCNC(=O)Cc1ccc(NC(C)c2ccc(Br)o2)cc1. The summed E-state index contributed by atoms with van der Waals surface area (Å²) in [6.45, 7) is 4.61.